The van der Waals surface area contributed by atoms with Crippen LogP contribution in [0.3, 0.4) is 0 Å². The van der Waals surface area contributed by atoms with Crippen LogP contribution < -0.4 is 11.3 Å². The number of hydrogen-bond donors (Lipinski definition) is 2. The Hall–Kier alpha value is -2.10. The number of nitrogens with one attached hydrogen (secondary N) is 1. The molecule has 14 heavy (non-hydrogen) atoms. The van der Waals surface area contributed by atoms with Gasteiger partial charge in [-0.25, -0.2) is 5.10 Å². The highest BCUT2D eigenvalue weighted by Crippen LogP contribution is 2.19. The Morgan fingerprint density at radius 2 is 1.93 bits per heavy atom. The maximum absolute atomic E-state index is 11.4. The van der Waals surface area contributed by atoms with Crippen molar-refractivity contribution in [2.45, 2.75) is 0 Å². The van der Waals surface area contributed by atoms with Crippen molar-refractivity contribution < 1.29 is 0 Å². The topological polar surface area (TPSA) is 71.8 Å². The lowest BCUT2D eigenvalue weighted by atomic mass is 10.1. The van der Waals surface area contributed by atoms with Crippen molar-refractivity contribution in [2.75, 3.05) is 5.73 Å². The summed E-state index contributed by atoms with van der Waals surface area (Å²) in [5, 5.41) is 5.96. The zero-order valence-electron chi connectivity index (χ0n) is 7.40. The number of rotatable bonds is 1. The van der Waals surface area contributed by atoms with Crippen LogP contribution in [0.1, 0.15) is 0 Å². The van der Waals surface area contributed by atoms with Gasteiger partial charge in [-0.05, 0) is 5.56 Å². The average Bonchev–Trinajstić information content (AvgIpc) is 2.19. The molecule has 2 aromatic rings. The lowest BCUT2D eigenvalue weighted by molar-refractivity contribution is 0.995. The van der Waals surface area contributed by atoms with Gasteiger partial charge in [0.15, 0.2) is 0 Å². The van der Waals surface area contributed by atoms with Crippen molar-refractivity contribution in [3.8, 4) is 11.1 Å². The normalized spacial score (nSPS) is 10.0. The summed E-state index contributed by atoms with van der Waals surface area (Å²) in [5.74, 6) is 0. The van der Waals surface area contributed by atoms with E-state index in [0.29, 0.717) is 11.3 Å². The van der Waals surface area contributed by atoms with Crippen LogP contribution in [0.25, 0.3) is 11.1 Å². The minimum Gasteiger partial charge on any atom is -0.397 e. The molecule has 0 saturated heterocycles. The zero-order valence-corrected chi connectivity index (χ0v) is 7.40. The van der Waals surface area contributed by atoms with Gasteiger partial charge in [-0.15, -0.1) is 0 Å². The molecule has 3 N–H and O–H groups in total. The summed E-state index contributed by atoms with van der Waals surface area (Å²) >= 11 is 0. The van der Waals surface area contributed by atoms with Gasteiger partial charge < -0.3 is 5.73 Å². The summed E-state index contributed by atoms with van der Waals surface area (Å²) in [6.07, 6.45) is 1.43. The van der Waals surface area contributed by atoms with Crippen molar-refractivity contribution in [3.05, 3.63) is 46.9 Å². The number of benzene rings is 1. The summed E-state index contributed by atoms with van der Waals surface area (Å²) in [6, 6.07) is 9.26. The summed E-state index contributed by atoms with van der Waals surface area (Å²) in [5.41, 5.74) is 7.06. The van der Waals surface area contributed by atoms with Crippen LogP contribution in [0.15, 0.2) is 41.3 Å². The highest BCUT2D eigenvalue weighted by molar-refractivity contribution is 5.74. The fraction of sp³-hybridized carbons (Fsp3) is 0. The van der Waals surface area contributed by atoms with E-state index in [0.717, 1.165) is 5.56 Å². The predicted octanol–water partition coefficient (Wildman–Crippen LogP) is 1.02. The van der Waals surface area contributed by atoms with Crippen molar-refractivity contribution in [2.24, 2.45) is 0 Å². The molecule has 0 spiro atoms. The SMILES string of the molecule is Nc1cn[nH]c(=O)c1-c1ccccc1. The second kappa shape index (κ2) is 3.33. The molecule has 0 unspecified atom stereocenters. The molecule has 0 amide bonds. The monoisotopic (exact) mass is 187 g/mol. The van der Waals surface area contributed by atoms with Crippen LogP contribution in [0.2, 0.25) is 0 Å². The van der Waals surface area contributed by atoms with E-state index in [1.54, 1.807) is 0 Å². The molecule has 1 aromatic heterocycles. The molecule has 0 saturated carbocycles. The minimum absolute atomic E-state index is 0.267. The lowest BCUT2D eigenvalue weighted by Crippen LogP contribution is -2.12. The molecule has 0 aliphatic rings. The van der Waals surface area contributed by atoms with Crippen molar-refractivity contribution in [1.82, 2.24) is 10.2 Å². The smallest absolute Gasteiger partial charge is 0.274 e. The second-order valence-corrected chi connectivity index (χ2v) is 2.90. The highest BCUT2D eigenvalue weighted by Gasteiger charge is 2.06. The Bertz CT molecular complexity index is 490. The molecule has 70 valence electrons. The fourth-order valence-electron chi connectivity index (χ4n) is 1.31. The van der Waals surface area contributed by atoms with E-state index in [1.807, 2.05) is 30.3 Å². The van der Waals surface area contributed by atoms with Gasteiger partial charge in [0.05, 0.1) is 17.4 Å². The molecule has 0 fully saturated rings. The maximum atomic E-state index is 11.4. The molecule has 2 rings (SSSR count). The number of nitrogen functional groups attached to an aromatic ring is 1. The Morgan fingerprint density at radius 3 is 2.57 bits per heavy atom. The molecule has 4 heteroatoms. The van der Waals surface area contributed by atoms with Gasteiger partial charge in [-0.2, -0.15) is 5.10 Å². The van der Waals surface area contributed by atoms with E-state index in [4.69, 9.17) is 5.73 Å². The number of aromatic amines is 1. The van der Waals surface area contributed by atoms with Gasteiger partial charge in [-0.1, -0.05) is 30.3 Å². The van der Waals surface area contributed by atoms with Crippen molar-refractivity contribution in [3.63, 3.8) is 0 Å². The van der Waals surface area contributed by atoms with Crippen LogP contribution in [0.4, 0.5) is 5.69 Å². The first-order chi connectivity index (χ1) is 6.79. The largest absolute Gasteiger partial charge is 0.397 e. The van der Waals surface area contributed by atoms with Gasteiger partial charge in [0.2, 0.25) is 0 Å². The van der Waals surface area contributed by atoms with Crippen LogP contribution >= 0.6 is 0 Å². The summed E-state index contributed by atoms with van der Waals surface area (Å²) in [4.78, 5) is 11.4. The summed E-state index contributed by atoms with van der Waals surface area (Å²) in [6.45, 7) is 0. The van der Waals surface area contributed by atoms with Gasteiger partial charge in [0.25, 0.3) is 5.56 Å². The third kappa shape index (κ3) is 1.37. The Kier molecular flexibility index (Phi) is 2.02. The van der Waals surface area contributed by atoms with Crippen LogP contribution in [0, 0.1) is 0 Å². The first-order valence-electron chi connectivity index (χ1n) is 4.17. The number of anilines is 1. The number of H-pyrrole nitrogens is 1. The molecular formula is C10H9N3O. The summed E-state index contributed by atoms with van der Waals surface area (Å²) < 4.78 is 0. The molecular weight excluding hydrogens is 178 g/mol. The van der Waals surface area contributed by atoms with E-state index < -0.39 is 0 Å². The van der Waals surface area contributed by atoms with E-state index in [-0.39, 0.29) is 5.56 Å². The van der Waals surface area contributed by atoms with E-state index in [1.165, 1.54) is 6.20 Å². The second-order valence-electron chi connectivity index (χ2n) is 2.90. The fourth-order valence-corrected chi connectivity index (χ4v) is 1.31. The first-order valence-corrected chi connectivity index (χ1v) is 4.17. The molecule has 0 bridgehead atoms. The minimum atomic E-state index is -0.267. The molecule has 0 aliphatic heterocycles. The van der Waals surface area contributed by atoms with Crippen molar-refractivity contribution in [1.29, 1.82) is 0 Å². The van der Waals surface area contributed by atoms with E-state index in [2.05, 4.69) is 10.2 Å². The quantitative estimate of drug-likeness (QED) is 0.700. The molecule has 4 nitrogen and oxygen atoms in total. The third-order valence-electron chi connectivity index (χ3n) is 1.95. The molecule has 0 aliphatic carbocycles. The van der Waals surface area contributed by atoms with Crippen LogP contribution in [-0.4, -0.2) is 10.2 Å². The number of nitrogens with two attached hydrogens (primary N) is 1. The first kappa shape index (κ1) is 8.50. The van der Waals surface area contributed by atoms with Crippen molar-refractivity contribution >= 4 is 5.69 Å². The zero-order chi connectivity index (χ0) is 9.97. The van der Waals surface area contributed by atoms with Crippen LogP contribution in [0.5, 0.6) is 0 Å². The van der Waals surface area contributed by atoms with Crippen LogP contribution in [-0.2, 0) is 0 Å². The number of hydrogen-bond acceptors (Lipinski definition) is 3. The lowest BCUT2D eigenvalue weighted by Gasteiger charge is -2.02. The molecule has 0 atom stereocenters. The van der Waals surface area contributed by atoms with Gasteiger partial charge in [0, 0.05) is 0 Å². The van der Waals surface area contributed by atoms with Gasteiger partial charge in [-0.3, -0.25) is 4.79 Å². The Balaban J connectivity index is 2.69. The summed E-state index contributed by atoms with van der Waals surface area (Å²) in [7, 11) is 0. The maximum Gasteiger partial charge on any atom is 0.274 e. The number of nitrogens with zero attached hydrogens (tertiary/aromatic N) is 1. The van der Waals surface area contributed by atoms with E-state index >= 15 is 0 Å². The third-order valence-corrected chi connectivity index (χ3v) is 1.95. The molecule has 0 radical (unpaired) electrons. The Morgan fingerprint density at radius 1 is 1.21 bits per heavy atom. The highest BCUT2D eigenvalue weighted by atomic mass is 16.1. The average molecular weight is 187 g/mol. The van der Waals surface area contributed by atoms with Gasteiger partial charge >= 0.3 is 0 Å². The Labute approximate surface area is 80.4 Å². The standard InChI is InChI=1S/C10H9N3O/c11-8-6-12-13-10(14)9(8)7-4-2-1-3-5-7/h1-6H,(H3,11,13,14). The number of aromatic nitrogens is 2. The molecule has 1 aromatic carbocycles. The van der Waals surface area contributed by atoms with E-state index in [9.17, 15) is 4.79 Å². The van der Waals surface area contributed by atoms with Gasteiger partial charge in [0.1, 0.15) is 0 Å². The molecule has 1 heterocycles. The predicted molar refractivity (Wildman–Crippen MR) is 54.7 cm³/mol.